The lowest BCUT2D eigenvalue weighted by Crippen LogP contribution is -2.40. The predicted molar refractivity (Wildman–Crippen MR) is 79.7 cm³/mol. The van der Waals surface area contributed by atoms with Crippen molar-refractivity contribution >= 4 is 16.7 Å². The third-order valence-corrected chi connectivity index (χ3v) is 4.23. The van der Waals surface area contributed by atoms with E-state index >= 15 is 0 Å². The lowest BCUT2D eigenvalue weighted by molar-refractivity contribution is 0.0450. The monoisotopic (exact) mass is 287 g/mol. The van der Waals surface area contributed by atoms with E-state index in [9.17, 15) is 14.3 Å². The van der Waals surface area contributed by atoms with E-state index in [0.717, 1.165) is 25.7 Å². The van der Waals surface area contributed by atoms with Crippen molar-refractivity contribution in [3.05, 3.63) is 47.8 Å². The molecule has 0 heterocycles. The Kier molecular flexibility index (Phi) is 3.64. The molecule has 1 fully saturated rings. The maximum atomic E-state index is 13.8. The van der Waals surface area contributed by atoms with Gasteiger partial charge >= 0.3 is 0 Å². The molecule has 1 amide bonds. The Bertz CT molecular complexity index is 678. The summed E-state index contributed by atoms with van der Waals surface area (Å²) in [6.07, 6.45) is 3.42. The Morgan fingerprint density at radius 3 is 2.52 bits per heavy atom. The third-order valence-electron chi connectivity index (χ3n) is 4.23. The van der Waals surface area contributed by atoms with Crippen molar-refractivity contribution in [1.29, 1.82) is 0 Å². The molecule has 1 saturated carbocycles. The Labute approximate surface area is 122 Å². The molecule has 0 aromatic heterocycles. The van der Waals surface area contributed by atoms with Crippen LogP contribution in [0.5, 0.6) is 0 Å². The van der Waals surface area contributed by atoms with Gasteiger partial charge in [-0.15, -0.1) is 0 Å². The van der Waals surface area contributed by atoms with Crippen LogP contribution < -0.4 is 5.32 Å². The van der Waals surface area contributed by atoms with Gasteiger partial charge < -0.3 is 10.4 Å². The number of amides is 1. The second-order valence-corrected chi connectivity index (χ2v) is 5.75. The van der Waals surface area contributed by atoms with Crippen LogP contribution in [0.2, 0.25) is 0 Å². The molecule has 2 aromatic rings. The van der Waals surface area contributed by atoms with Crippen molar-refractivity contribution in [2.45, 2.75) is 31.3 Å². The fraction of sp³-hybridized carbons (Fsp3) is 0.353. The lowest BCUT2D eigenvalue weighted by atomic mass is 10.0. The van der Waals surface area contributed by atoms with E-state index in [1.54, 1.807) is 24.3 Å². The molecule has 0 spiro atoms. The minimum Gasteiger partial charge on any atom is -0.388 e. The molecule has 1 aliphatic rings. The van der Waals surface area contributed by atoms with Crippen LogP contribution in [0.4, 0.5) is 4.39 Å². The number of rotatable bonds is 3. The van der Waals surface area contributed by atoms with Gasteiger partial charge in [0.1, 0.15) is 5.82 Å². The summed E-state index contributed by atoms with van der Waals surface area (Å²) in [5.41, 5.74) is -0.348. The zero-order chi connectivity index (χ0) is 14.9. The van der Waals surface area contributed by atoms with Gasteiger partial charge in [0.2, 0.25) is 0 Å². The lowest BCUT2D eigenvalue weighted by Gasteiger charge is -2.22. The quantitative estimate of drug-likeness (QED) is 0.911. The first-order valence-electron chi connectivity index (χ1n) is 7.27. The van der Waals surface area contributed by atoms with Crippen LogP contribution in [0.15, 0.2) is 36.4 Å². The predicted octanol–water partition coefficient (Wildman–Crippen LogP) is 3.01. The van der Waals surface area contributed by atoms with Crippen LogP contribution in [0.1, 0.15) is 36.0 Å². The van der Waals surface area contributed by atoms with Gasteiger partial charge in [-0.05, 0) is 30.4 Å². The molecule has 0 unspecified atom stereocenters. The van der Waals surface area contributed by atoms with Gasteiger partial charge in [0.05, 0.1) is 5.60 Å². The van der Waals surface area contributed by atoms with Gasteiger partial charge in [0, 0.05) is 17.5 Å². The summed E-state index contributed by atoms with van der Waals surface area (Å²) in [6.45, 7) is 0.248. The molecular weight excluding hydrogens is 269 g/mol. The van der Waals surface area contributed by atoms with Gasteiger partial charge in [-0.1, -0.05) is 37.1 Å². The van der Waals surface area contributed by atoms with Crippen LogP contribution in [-0.2, 0) is 0 Å². The maximum absolute atomic E-state index is 13.8. The van der Waals surface area contributed by atoms with Gasteiger partial charge in [-0.25, -0.2) is 4.39 Å². The third kappa shape index (κ3) is 2.76. The second kappa shape index (κ2) is 5.45. The van der Waals surface area contributed by atoms with E-state index in [2.05, 4.69) is 5.32 Å². The molecule has 1 aliphatic carbocycles. The Balaban J connectivity index is 1.83. The number of benzene rings is 2. The largest absolute Gasteiger partial charge is 0.388 e. The van der Waals surface area contributed by atoms with E-state index in [1.807, 2.05) is 0 Å². The first-order chi connectivity index (χ1) is 10.1. The summed E-state index contributed by atoms with van der Waals surface area (Å²) in [7, 11) is 0. The molecule has 3 rings (SSSR count). The van der Waals surface area contributed by atoms with E-state index < -0.39 is 5.60 Å². The van der Waals surface area contributed by atoms with Crippen LogP contribution in [-0.4, -0.2) is 23.2 Å². The number of carbonyl (C=O) groups excluding carboxylic acids is 1. The fourth-order valence-corrected chi connectivity index (χ4v) is 3.01. The van der Waals surface area contributed by atoms with Crippen molar-refractivity contribution < 1.29 is 14.3 Å². The smallest absolute Gasteiger partial charge is 0.252 e. The maximum Gasteiger partial charge on any atom is 0.252 e. The Morgan fingerprint density at radius 1 is 1.14 bits per heavy atom. The highest BCUT2D eigenvalue weighted by atomic mass is 19.1. The van der Waals surface area contributed by atoms with Crippen LogP contribution >= 0.6 is 0 Å². The highest BCUT2D eigenvalue weighted by molar-refractivity contribution is 6.07. The molecule has 110 valence electrons. The zero-order valence-corrected chi connectivity index (χ0v) is 11.7. The molecule has 2 N–H and O–H groups in total. The molecule has 0 saturated heterocycles. The first kappa shape index (κ1) is 14.0. The number of aliphatic hydroxyl groups is 1. The van der Waals surface area contributed by atoms with Gasteiger partial charge in [0.15, 0.2) is 0 Å². The Morgan fingerprint density at radius 2 is 1.81 bits per heavy atom. The SMILES string of the molecule is O=C(NCC1(O)CCCC1)c1ccc(F)c2ccccc12. The summed E-state index contributed by atoms with van der Waals surface area (Å²) in [6, 6.07) is 9.72. The van der Waals surface area contributed by atoms with Crippen molar-refractivity contribution in [1.82, 2.24) is 5.32 Å². The molecule has 3 nitrogen and oxygen atoms in total. The molecule has 0 radical (unpaired) electrons. The topological polar surface area (TPSA) is 49.3 Å². The molecule has 2 aromatic carbocycles. The van der Waals surface area contributed by atoms with E-state index in [1.165, 1.54) is 12.1 Å². The van der Waals surface area contributed by atoms with Crippen LogP contribution in [0.3, 0.4) is 0 Å². The number of fused-ring (bicyclic) bond motifs is 1. The molecule has 0 atom stereocenters. The van der Waals surface area contributed by atoms with Crippen LogP contribution in [0, 0.1) is 5.82 Å². The minimum absolute atomic E-state index is 0.248. The van der Waals surface area contributed by atoms with Gasteiger partial charge in [-0.2, -0.15) is 0 Å². The zero-order valence-electron chi connectivity index (χ0n) is 11.7. The standard InChI is InChI=1S/C17H18FNO2/c18-15-8-7-14(12-5-1-2-6-13(12)15)16(20)19-11-17(21)9-3-4-10-17/h1-2,5-8,21H,3-4,9-11H2,(H,19,20). The fourth-order valence-electron chi connectivity index (χ4n) is 3.01. The Hall–Kier alpha value is -1.94. The molecule has 0 aliphatic heterocycles. The average Bonchev–Trinajstić information content (AvgIpc) is 2.93. The number of carbonyl (C=O) groups is 1. The normalized spacial score (nSPS) is 17.0. The second-order valence-electron chi connectivity index (χ2n) is 5.75. The summed E-state index contributed by atoms with van der Waals surface area (Å²) in [4.78, 5) is 12.3. The number of nitrogens with one attached hydrogen (secondary N) is 1. The summed E-state index contributed by atoms with van der Waals surface area (Å²) >= 11 is 0. The highest BCUT2D eigenvalue weighted by Crippen LogP contribution is 2.29. The van der Waals surface area contributed by atoms with Gasteiger partial charge in [0.25, 0.3) is 5.91 Å². The molecule has 0 bridgehead atoms. The van der Waals surface area contributed by atoms with Crippen LogP contribution in [0.25, 0.3) is 10.8 Å². The van der Waals surface area contributed by atoms with Gasteiger partial charge in [-0.3, -0.25) is 4.79 Å². The molecule has 4 heteroatoms. The summed E-state index contributed by atoms with van der Waals surface area (Å²) in [5, 5.41) is 14.1. The number of halogens is 1. The van der Waals surface area contributed by atoms with Crippen molar-refractivity contribution in [2.24, 2.45) is 0 Å². The summed E-state index contributed by atoms with van der Waals surface area (Å²) < 4.78 is 13.8. The summed E-state index contributed by atoms with van der Waals surface area (Å²) in [5.74, 6) is -0.608. The first-order valence-corrected chi connectivity index (χ1v) is 7.27. The highest BCUT2D eigenvalue weighted by Gasteiger charge is 2.31. The van der Waals surface area contributed by atoms with E-state index in [4.69, 9.17) is 0 Å². The minimum atomic E-state index is -0.786. The van der Waals surface area contributed by atoms with Crippen molar-refractivity contribution in [2.75, 3.05) is 6.54 Å². The molecule has 21 heavy (non-hydrogen) atoms. The average molecular weight is 287 g/mol. The van der Waals surface area contributed by atoms with E-state index in [0.29, 0.717) is 16.3 Å². The molecular formula is C17H18FNO2. The number of hydrogen-bond donors (Lipinski definition) is 2. The van der Waals surface area contributed by atoms with E-state index in [-0.39, 0.29) is 18.3 Å². The number of hydrogen-bond acceptors (Lipinski definition) is 2. The van der Waals surface area contributed by atoms with Crippen molar-refractivity contribution in [3.63, 3.8) is 0 Å². The van der Waals surface area contributed by atoms with Crippen molar-refractivity contribution in [3.8, 4) is 0 Å².